The lowest BCUT2D eigenvalue weighted by atomic mass is 9.99. The zero-order valence-corrected chi connectivity index (χ0v) is 14.4. The molecule has 2 rings (SSSR count). The lowest BCUT2D eigenvalue weighted by Crippen LogP contribution is -2.57. The number of likely N-dealkylation sites (N-methyl/N-ethyl adjacent to an activating group) is 1. The third-order valence-electron chi connectivity index (χ3n) is 3.70. The molecule has 0 saturated carbocycles. The van der Waals surface area contributed by atoms with Crippen molar-refractivity contribution in [2.24, 2.45) is 0 Å². The Balaban J connectivity index is 2.08. The summed E-state index contributed by atoms with van der Waals surface area (Å²) >= 11 is 5.73. The summed E-state index contributed by atoms with van der Waals surface area (Å²) in [5.41, 5.74) is -1.51. The summed E-state index contributed by atoms with van der Waals surface area (Å²) in [5.74, 6) is -1.93. The van der Waals surface area contributed by atoms with Crippen LogP contribution in [0.3, 0.4) is 0 Å². The first kappa shape index (κ1) is 18.7. The van der Waals surface area contributed by atoms with E-state index in [-0.39, 0.29) is 24.5 Å². The minimum atomic E-state index is -3.89. The summed E-state index contributed by atoms with van der Waals surface area (Å²) < 4.78 is 30.7. The molecule has 0 aliphatic carbocycles. The van der Waals surface area contributed by atoms with Crippen molar-refractivity contribution >= 4 is 33.5 Å². The fourth-order valence-electron chi connectivity index (χ4n) is 2.27. The van der Waals surface area contributed by atoms with Crippen LogP contribution in [0.1, 0.15) is 6.42 Å². The van der Waals surface area contributed by atoms with Gasteiger partial charge in [-0.2, -0.15) is 4.31 Å². The van der Waals surface area contributed by atoms with E-state index < -0.39 is 34.0 Å². The molecule has 0 spiro atoms. The second-order valence-electron chi connectivity index (χ2n) is 5.45. The number of rotatable bonds is 6. The number of carbonyl (C=O) groups excluding carboxylic acids is 1. The molecule has 1 fully saturated rings. The molecule has 8 nitrogen and oxygen atoms in total. The molecule has 0 aromatic heterocycles. The third-order valence-corrected chi connectivity index (χ3v) is 5.77. The van der Waals surface area contributed by atoms with Crippen LogP contribution in [0.2, 0.25) is 5.02 Å². The predicted molar refractivity (Wildman–Crippen MR) is 85.2 cm³/mol. The molecule has 1 aliphatic rings. The first-order valence-electron chi connectivity index (χ1n) is 7.01. The van der Waals surface area contributed by atoms with Crippen molar-refractivity contribution in [2.75, 3.05) is 26.8 Å². The van der Waals surface area contributed by atoms with Gasteiger partial charge in [-0.3, -0.25) is 4.79 Å². The Morgan fingerprint density at radius 1 is 1.38 bits per heavy atom. The molecule has 0 bridgehead atoms. The van der Waals surface area contributed by atoms with Crippen LogP contribution in [0.5, 0.6) is 0 Å². The van der Waals surface area contributed by atoms with Gasteiger partial charge in [0.2, 0.25) is 15.9 Å². The average molecular weight is 377 g/mol. The van der Waals surface area contributed by atoms with Crippen LogP contribution in [0.15, 0.2) is 29.2 Å². The predicted octanol–water partition coefficient (Wildman–Crippen LogP) is 0.320. The summed E-state index contributed by atoms with van der Waals surface area (Å²) in [5, 5.41) is 12.0. The van der Waals surface area contributed by atoms with Gasteiger partial charge >= 0.3 is 5.97 Å². The SMILES string of the molecule is CN(CC(=O)NC1(C(=O)O)CCOC1)S(=O)(=O)c1ccc(Cl)cc1. The van der Waals surface area contributed by atoms with Crippen molar-refractivity contribution in [1.82, 2.24) is 9.62 Å². The Bertz CT molecular complexity index is 728. The number of benzene rings is 1. The maximum Gasteiger partial charge on any atom is 0.331 e. The highest BCUT2D eigenvalue weighted by Crippen LogP contribution is 2.20. The molecule has 10 heteroatoms. The van der Waals surface area contributed by atoms with E-state index in [0.717, 1.165) is 4.31 Å². The van der Waals surface area contributed by atoms with Gasteiger partial charge in [-0.05, 0) is 24.3 Å². The minimum absolute atomic E-state index is 0.0145. The number of amides is 1. The number of nitrogens with zero attached hydrogens (tertiary/aromatic N) is 1. The number of carbonyl (C=O) groups is 2. The van der Waals surface area contributed by atoms with Crippen LogP contribution in [0, 0.1) is 0 Å². The minimum Gasteiger partial charge on any atom is -0.479 e. The molecule has 1 heterocycles. The fraction of sp³-hybridized carbons (Fsp3) is 0.429. The van der Waals surface area contributed by atoms with Crippen molar-refractivity contribution in [2.45, 2.75) is 16.9 Å². The van der Waals surface area contributed by atoms with Gasteiger partial charge in [0.15, 0.2) is 5.54 Å². The van der Waals surface area contributed by atoms with E-state index in [9.17, 15) is 23.1 Å². The van der Waals surface area contributed by atoms with Gasteiger partial charge in [-0.25, -0.2) is 13.2 Å². The Morgan fingerprint density at radius 3 is 2.50 bits per heavy atom. The number of nitrogens with one attached hydrogen (secondary N) is 1. The van der Waals surface area contributed by atoms with Crippen LogP contribution in [-0.4, -0.2) is 62.1 Å². The maximum absolute atomic E-state index is 12.4. The number of carboxylic acids is 1. The topological polar surface area (TPSA) is 113 Å². The van der Waals surface area contributed by atoms with Gasteiger partial charge in [0.05, 0.1) is 18.0 Å². The van der Waals surface area contributed by atoms with E-state index in [1.54, 1.807) is 0 Å². The average Bonchev–Trinajstić information content (AvgIpc) is 2.97. The van der Waals surface area contributed by atoms with E-state index in [2.05, 4.69) is 5.32 Å². The number of sulfonamides is 1. The smallest absolute Gasteiger partial charge is 0.331 e. The third kappa shape index (κ3) is 3.86. The van der Waals surface area contributed by atoms with E-state index in [4.69, 9.17) is 16.3 Å². The Hall–Kier alpha value is -1.68. The first-order chi connectivity index (χ1) is 11.2. The van der Waals surface area contributed by atoms with Gasteiger partial charge < -0.3 is 15.2 Å². The molecule has 24 heavy (non-hydrogen) atoms. The highest BCUT2D eigenvalue weighted by Gasteiger charge is 2.44. The van der Waals surface area contributed by atoms with Crippen molar-refractivity contribution < 1.29 is 27.9 Å². The Labute approximate surface area is 144 Å². The molecule has 1 aromatic rings. The number of aliphatic carboxylic acids is 1. The van der Waals surface area contributed by atoms with E-state index in [0.29, 0.717) is 5.02 Å². The number of hydrogen-bond donors (Lipinski definition) is 2. The molecular formula is C14H17ClN2O6S. The lowest BCUT2D eigenvalue weighted by Gasteiger charge is -2.25. The van der Waals surface area contributed by atoms with Crippen molar-refractivity contribution in [3.05, 3.63) is 29.3 Å². The first-order valence-corrected chi connectivity index (χ1v) is 8.83. The van der Waals surface area contributed by atoms with E-state index in [1.807, 2.05) is 0 Å². The zero-order valence-electron chi connectivity index (χ0n) is 12.9. The van der Waals surface area contributed by atoms with Crippen molar-refractivity contribution in [3.63, 3.8) is 0 Å². The van der Waals surface area contributed by atoms with Crippen molar-refractivity contribution in [3.8, 4) is 0 Å². The van der Waals surface area contributed by atoms with Gasteiger partial charge in [0.25, 0.3) is 0 Å². The maximum atomic E-state index is 12.4. The molecule has 2 N–H and O–H groups in total. The van der Waals surface area contributed by atoms with Crippen LogP contribution in [0.25, 0.3) is 0 Å². The second-order valence-corrected chi connectivity index (χ2v) is 7.93. The highest BCUT2D eigenvalue weighted by molar-refractivity contribution is 7.89. The molecule has 1 aliphatic heterocycles. The van der Waals surface area contributed by atoms with Crippen LogP contribution in [-0.2, 0) is 24.3 Å². The number of hydrogen-bond acceptors (Lipinski definition) is 5. The Morgan fingerprint density at radius 2 is 2.00 bits per heavy atom. The molecule has 1 amide bonds. The van der Waals surface area contributed by atoms with Gasteiger partial charge in [-0.15, -0.1) is 0 Å². The van der Waals surface area contributed by atoms with Crippen molar-refractivity contribution in [1.29, 1.82) is 0 Å². The summed E-state index contributed by atoms with van der Waals surface area (Å²) in [7, 11) is -2.65. The Kier molecular flexibility index (Phi) is 5.49. The quantitative estimate of drug-likeness (QED) is 0.739. The van der Waals surface area contributed by atoms with Crippen LogP contribution >= 0.6 is 11.6 Å². The normalized spacial score (nSPS) is 21.0. The van der Waals surface area contributed by atoms with Crippen LogP contribution in [0.4, 0.5) is 0 Å². The number of halogens is 1. The monoisotopic (exact) mass is 376 g/mol. The molecule has 1 aromatic carbocycles. The van der Waals surface area contributed by atoms with E-state index in [1.165, 1.54) is 31.3 Å². The highest BCUT2D eigenvalue weighted by atomic mass is 35.5. The fourth-order valence-corrected chi connectivity index (χ4v) is 3.52. The summed E-state index contributed by atoms with van der Waals surface area (Å²) in [6.07, 6.45) is 0.127. The largest absolute Gasteiger partial charge is 0.479 e. The molecule has 1 saturated heterocycles. The number of carboxylic acid groups (broad SMARTS) is 1. The zero-order chi connectivity index (χ0) is 18.0. The number of ether oxygens (including phenoxy) is 1. The van der Waals surface area contributed by atoms with Gasteiger partial charge in [-0.1, -0.05) is 11.6 Å². The molecule has 0 radical (unpaired) electrons. The molecule has 1 unspecified atom stereocenters. The molecule has 1 atom stereocenters. The second kappa shape index (κ2) is 7.06. The van der Waals surface area contributed by atoms with Crippen LogP contribution < -0.4 is 5.32 Å². The summed E-state index contributed by atoms with van der Waals surface area (Å²) in [6.45, 7) is -0.451. The summed E-state index contributed by atoms with van der Waals surface area (Å²) in [4.78, 5) is 23.4. The molecule has 132 valence electrons. The van der Waals surface area contributed by atoms with Gasteiger partial charge in [0.1, 0.15) is 0 Å². The summed E-state index contributed by atoms with van der Waals surface area (Å²) in [6, 6.07) is 5.51. The lowest BCUT2D eigenvalue weighted by molar-refractivity contribution is -0.147. The standard InChI is InChI=1S/C14H17ClN2O6S/c1-17(24(21,22)11-4-2-10(15)3-5-11)8-12(18)16-14(13(19)20)6-7-23-9-14/h2-5H,6-9H2,1H3,(H,16,18)(H,19,20). The molecular weight excluding hydrogens is 360 g/mol. The van der Waals surface area contributed by atoms with E-state index >= 15 is 0 Å². The van der Waals surface area contributed by atoms with Gasteiger partial charge in [0, 0.05) is 25.1 Å².